The smallest absolute Gasteiger partial charge is 0.274 e. The quantitative estimate of drug-likeness (QED) is 0.738. The summed E-state index contributed by atoms with van der Waals surface area (Å²) in [4.78, 5) is 17.9. The van der Waals surface area contributed by atoms with Crippen LogP contribution >= 0.6 is 23.2 Å². The molecule has 1 aliphatic rings. The van der Waals surface area contributed by atoms with Gasteiger partial charge < -0.3 is 9.64 Å². The molecule has 1 amide bonds. The molecule has 1 aromatic heterocycles. The van der Waals surface area contributed by atoms with Crippen molar-refractivity contribution in [2.24, 2.45) is 0 Å². The van der Waals surface area contributed by atoms with Crippen molar-refractivity contribution in [2.45, 2.75) is 13.0 Å². The Bertz CT molecular complexity index is 439. The summed E-state index contributed by atoms with van der Waals surface area (Å²) >= 11 is 11.7. The predicted octanol–water partition coefficient (Wildman–Crippen LogP) is 2.25. The maximum absolute atomic E-state index is 12.2. The van der Waals surface area contributed by atoms with Crippen LogP contribution in [0.5, 0.6) is 0 Å². The Balaban J connectivity index is 2.26. The maximum atomic E-state index is 12.2. The van der Waals surface area contributed by atoms with E-state index in [0.29, 0.717) is 24.8 Å². The highest BCUT2D eigenvalue weighted by atomic mass is 35.5. The molecule has 0 radical (unpaired) electrons. The van der Waals surface area contributed by atoms with Crippen LogP contribution in [0.25, 0.3) is 0 Å². The summed E-state index contributed by atoms with van der Waals surface area (Å²) in [6, 6.07) is 3.16. The number of amides is 1. The molecule has 1 aromatic rings. The van der Waals surface area contributed by atoms with Crippen molar-refractivity contribution in [2.75, 3.05) is 19.8 Å². The summed E-state index contributed by atoms with van der Waals surface area (Å²) in [5, 5.41) is 0.580. The number of rotatable bonds is 1. The monoisotopic (exact) mass is 274 g/mol. The van der Waals surface area contributed by atoms with Crippen LogP contribution in [0.1, 0.15) is 17.4 Å². The topological polar surface area (TPSA) is 42.4 Å². The number of hydrogen-bond acceptors (Lipinski definition) is 3. The fourth-order valence-electron chi connectivity index (χ4n) is 1.73. The predicted molar refractivity (Wildman–Crippen MR) is 65.6 cm³/mol. The van der Waals surface area contributed by atoms with Gasteiger partial charge in [-0.2, -0.15) is 0 Å². The molecule has 1 unspecified atom stereocenters. The van der Waals surface area contributed by atoms with E-state index in [9.17, 15) is 4.79 Å². The third-order valence-electron chi connectivity index (χ3n) is 2.64. The van der Waals surface area contributed by atoms with Crippen molar-refractivity contribution in [1.82, 2.24) is 9.88 Å². The van der Waals surface area contributed by atoms with Gasteiger partial charge in [-0.1, -0.05) is 23.2 Å². The average molecular weight is 275 g/mol. The van der Waals surface area contributed by atoms with Crippen molar-refractivity contribution in [1.29, 1.82) is 0 Å². The van der Waals surface area contributed by atoms with Crippen molar-refractivity contribution in [3.05, 3.63) is 28.0 Å². The Morgan fingerprint density at radius 2 is 2.29 bits per heavy atom. The molecule has 0 aliphatic carbocycles. The number of nitrogens with zero attached hydrogens (tertiary/aromatic N) is 2. The van der Waals surface area contributed by atoms with Crippen molar-refractivity contribution in [3.8, 4) is 0 Å². The lowest BCUT2D eigenvalue weighted by molar-refractivity contribution is 0.00328. The molecule has 2 rings (SSSR count). The first-order chi connectivity index (χ1) is 8.09. The van der Waals surface area contributed by atoms with Gasteiger partial charge in [0, 0.05) is 6.54 Å². The third-order valence-corrected chi connectivity index (χ3v) is 3.16. The summed E-state index contributed by atoms with van der Waals surface area (Å²) in [5.74, 6) is -0.201. The second-order valence-corrected chi connectivity index (χ2v) is 4.68. The molecule has 6 heteroatoms. The third kappa shape index (κ3) is 2.70. The molecule has 1 saturated heterocycles. The van der Waals surface area contributed by atoms with Crippen LogP contribution in [-0.2, 0) is 4.74 Å². The molecule has 1 fully saturated rings. The molecule has 0 saturated carbocycles. The van der Waals surface area contributed by atoms with Gasteiger partial charge in [-0.05, 0) is 19.1 Å². The van der Waals surface area contributed by atoms with E-state index in [1.54, 1.807) is 17.0 Å². The highest BCUT2D eigenvalue weighted by Gasteiger charge is 2.27. The first kappa shape index (κ1) is 12.6. The van der Waals surface area contributed by atoms with Gasteiger partial charge in [0.05, 0.1) is 24.3 Å². The normalized spacial score (nSPS) is 20.4. The summed E-state index contributed by atoms with van der Waals surface area (Å²) in [6.45, 7) is 3.54. The second kappa shape index (κ2) is 5.21. The van der Waals surface area contributed by atoms with Gasteiger partial charge in [-0.25, -0.2) is 4.98 Å². The summed E-state index contributed by atoms with van der Waals surface area (Å²) in [6.07, 6.45) is 0. The Morgan fingerprint density at radius 1 is 1.53 bits per heavy atom. The lowest BCUT2D eigenvalue weighted by Crippen LogP contribution is -2.47. The summed E-state index contributed by atoms with van der Waals surface area (Å²) < 4.78 is 5.28. The Morgan fingerprint density at radius 3 is 3.00 bits per heavy atom. The molecule has 1 atom stereocenters. The van der Waals surface area contributed by atoms with Crippen LogP contribution in [0.3, 0.4) is 0 Å². The first-order valence-electron chi connectivity index (χ1n) is 5.30. The number of aromatic nitrogens is 1. The minimum Gasteiger partial charge on any atom is -0.377 e. The fourth-order valence-corrected chi connectivity index (χ4v) is 2.07. The highest BCUT2D eigenvalue weighted by Crippen LogP contribution is 2.20. The minimum absolute atomic E-state index is 0.0214. The number of carbonyl (C=O) groups excluding carboxylic acids is 1. The van der Waals surface area contributed by atoms with Gasteiger partial charge in [0.2, 0.25) is 0 Å². The lowest BCUT2D eigenvalue weighted by Gasteiger charge is -2.33. The Labute approximate surface area is 109 Å². The molecule has 4 nitrogen and oxygen atoms in total. The van der Waals surface area contributed by atoms with Crippen molar-refractivity contribution < 1.29 is 9.53 Å². The molecule has 1 aliphatic heterocycles. The van der Waals surface area contributed by atoms with Crippen molar-refractivity contribution in [3.63, 3.8) is 0 Å². The van der Waals surface area contributed by atoms with Crippen LogP contribution in [-0.4, -0.2) is 41.6 Å². The van der Waals surface area contributed by atoms with Crippen molar-refractivity contribution >= 4 is 29.1 Å². The van der Waals surface area contributed by atoms with Gasteiger partial charge >= 0.3 is 0 Å². The molecule has 2 heterocycles. The second-order valence-electron chi connectivity index (χ2n) is 3.89. The number of carbonyl (C=O) groups is 1. The molecule has 0 bridgehead atoms. The average Bonchev–Trinajstić information content (AvgIpc) is 2.32. The number of halogens is 2. The molecule has 0 aromatic carbocycles. The van der Waals surface area contributed by atoms with Crippen LogP contribution in [0.15, 0.2) is 12.1 Å². The van der Waals surface area contributed by atoms with Crippen LogP contribution in [0.4, 0.5) is 0 Å². The molecule has 0 spiro atoms. The molecular weight excluding hydrogens is 263 g/mol. The number of hydrogen-bond donors (Lipinski definition) is 0. The largest absolute Gasteiger partial charge is 0.377 e. The highest BCUT2D eigenvalue weighted by molar-refractivity contribution is 6.34. The first-order valence-corrected chi connectivity index (χ1v) is 6.06. The van der Waals surface area contributed by atoms with Gasteiger partial charge in [0.1, 0.15) is 10.8 Å². The van der Waals surface area contributed by atoms with E-state index in [1.807, 2.05) is 6.92 Å². The number of pyridine rings is 1. The standard InChI is InChI=1S/C11H12Cl2N2O2/c1-7-6-17-5-4-15(7)11(16)10-8(12)2-3-9(13)14-10/h2-3,7H,4-6H2,1H3. The zero-order valence-electron chi connectivity index (χ0n) is 9.32. The van der Waals surface area contributed by atoms with E-state index < -0.39 is 0 Å². The molecule has 17 heavy (non-hydrogen) atoms. The number of morpholine rings is 1. The molecule has 0 N–H and O–H groups in total. The van der Waals surface area contributed by atoms with E-state index >= 15 is 0 Å². The van der Waals surface area contributed by atoms with Crippen LogP contribution in [0, 0.1) is 0 Å². The fraction of sp³-hybridized carbons (Fsp3) is 0.455. The number of ether oxygens (including phenoxy) is 1. The van der Waals surface area contributed by atoms with Gasteiger partial charge in [-0.15, -0.1) is 0 Å². The zero-order chi connectivity index (χ0) is 12.4. The van der Waals surface area contributed by atoms with Crippen LogP contribution < -0.4 is 0 Å². The Hall–Kier alpha value is -0.840. The van der Waals surface area contributed by atoms with Crippen LogP contribution in [0.2, 0.25) is 10.2 Å². The molecular formula is C11H12Cl2N2O2. The molecule has 92 valence electrons. The SMILES string of the molecule is CC1COCCN1C(=O)c1nc(Cl)ccc1Cl. The van der Waals surface area contributed by atoms with Gasteiger partial charge in [0.25, 0.3) is 5.91 Å². The van der Waals surface area contributed by atoms with Gasteiger partial charge in [-0.3, -0.25) is 4.79 Å². The Kier molecular flexibility index (Phi) is 3.86. The lowest BCUT2D eigenvalue weighted by atomic mass is 10.2. The maximum Gasteiger partial charge on any atom is 0.274 e. The minimum atomic E-state index is -0.201. The summed E-state index contributed by atoms with van der Waals surface area (Å²) in [7, 11) is 0. The van der Waals surface area contributed by atoms with E-state index in [4.69, 9.17) is 27.9 Å². The zero-order valence-corrected chi connectivity index (χ0v) is 10.8. The van der Waals surface area contributed by atoms with E-state index in [0.717, 1.165) is 0 Å². The van der Waals surface area contributed by atoms with E-state index in [1.165, 1.54) is 0 Å². The summed E-state index contributed by atoms with van der Waals surface area (Å²) in [5.41, 5.74) is 0.202. The van der Waals surface area contributed by atoms with E-state index in [-0.39, 0.29) is 22.8 Å². The van der Waals surface area contributed by atoms with Gasteiger partial charge in [0.15, 0.2) is 0 Å². The van der Waals surface area contributed by atoms with E-state index in [2.05, 4.69) is 4.98 Å².